The zero-order chi connectivity index (χ0) is 14.6. The molecule has 2 nitrogen and oxygen atoms in total. The lowest BCUT2D eigenvalue weighted by Crippen LogP contribution is -2.14. The van der Waals surface area contributed by atoms with Gasteiger partial charge in [0.1, 0.15) is 0 Å². The van der Waals surface area contributed by atoms with Crippen LogP contribution in [-0.2, 0) is 0 Å². The Balaban J connectivity index is 0.000000147. The number of aliphatic imine (C=N–C) groups is 1. The summed E-state index contributed by atoms with van der Waals surface area (Å²) in [5.74, 6) is 0.669. The van der Waals surface area contributed by atoms with Gasteiger partial charge < -0.3 is 0 Å². The smallest absolute Gasteiger partial charge is 0.0979 e. The number of rotatable bonds is 1. The van der Waals surface area contributed by atoms with Crippen LogP contribution in [0.1, 0.15) is 27.7 Å². The molecule has 1 aliphatic heterocycles. The average Bonchev–Trinajstić information content (AvgIpc) is 2.80. The van der Waals surface area contributed by atoms with Gasteiger partial charge in [-0.15, -0.1) is 11.8 Å². The number of benzene rings is 1. The van der Waals surface area contributed by atoms with Crippen LogP contribution < -0.4 is 0 Å². The highest BCUT2D eigenvalue weighted by molar-refractivity contribution is 8.02. The highest BCUT2D eigenvalue weighted by Crippen LogP contribution is 2.36. The quantitative estimate of drug-likeness (QED) is 0.752. The van der Waals surface area contributed by atoms with E-state index in [0.29, 0.717) is 11.3 Å². The van der Waals surface area contributed by atoms with Gasteiger partial charge in [0, 0.05) is 22.5 Å². The van der Waals surface area contributed by atoms with Crippen molar-refractivity contribution < 1.29 is 0 Å². The third-order valence-electron chi connectivity index (χ3n) is 3.04. The summed E-state index contributed by atoms with van der Waals surface area (Å²) in [6.07, 6.45) is 3.88. The van der Waals surface area contributed by atoms with Crippen molar-refractivity contribution in [2.24, 2.45) is 10.9 Å². The molecule has 2 heterocycles. The standard InChI is InChI=1S/C9H7N.C8H15NS/c1-2-6-9-8(4-1)5-3-7-10-9;1-6(2)7-9-5-8(3,4)10-7/h1-7H;5-7H,1-4H3. The highest BCUT2D eigenvalue weighted by atomic mass is 32.2. The zero-order valence-corrected chi connectivity index (χ0v) is 13.4. The number of para-hydroxylation sites is 1. The van der Waals surface area contributed by atoms with Crippen LogP contribution in [0, 0.1) is 5.92 Å². The van der Waals surface area contributed by atoms with Crippen molar-refractivity contribution >= 4 is 28.9 Å². The van der Waals surface area contributed by atoms with E-state index < -0.39 is 0 Å². The van der Waals surface area contributed by atoms with Gasteiger partial charge in [0.25, 0.3) is 0 Å². The van der Waals surface area contributed by atoms with Crippen LogP contribution in [0.5, 0.6) is 0 Å². The second-order valence-electron chi connectivity index (χ2n) is 5.83. The van der Waals surface area contributed by atoms with E-state index in [0.717, 1.165) is 5.52 Å². The lowest BCUT2D eigenvalue weighted by atomic mass is 10.2. The van der Waals surface area contributed by atoms with E-state index in [1.54, 1.807) is 0 Å². The Labute approximate surface area is 125 Å². The summed E-state index contributed by atoms with van der Waals surface area (Å²) in [4.78, 5) is 8.61. The molecular weight excluding hydrogens is 264 g/mol. The van der Waals surface area contributed by atoms with Gasteiger partial charge in [-0.05, 0) is 31.9 Å². The Morgan fingerprint density at radius 3 is 2.35 bits per heavy atom. The number of hydrogen-bond donors (Lipinski definition) is 0. The fourth-order valence-corrected chi connectivity index (χ4v) is 3.09. The Morgan fingerprint density at radius 2 is 1.80 bits per heavy atom. The average molecular weight is 286 g/mol. The molecule has 0 bridgehead atoms. The predicted octanol–water partition coefficient (Wildman–Crippen LogP) is 4.80. The van der Waals surface area contributed by atoms with Gasteiger partial charge in [-0.25, -0.2) is 0 Å². The Morgan fingerprint density at radius 1 is 1.10 bits per heavy atom. The van der Waals surface area contributed by atoms with E-state index in [1.165, 1.54) is 5.39 Å². The van der Waals surface area contributed by atoms with Crippen molar-refractivity contribution in [1.29, 1.82) is 0 Å². The van der Waals surface area contributed by atoms with Gasteiger partial charge in [-0.1, -0.05) is 38.1 Å². The molecular formula is C17H22N2S. The monoisotopic (exact) mass is 286 g/mol. The van der Waals surface area contributed by atoms with Gasteiger partial charge in [0.15, 0.2) is 0 Å². The van der Waals surface area contributed by atoms with Gasteiger partial charge in [0.2, 0.25) is 0 Å². The number of nitrogens with zero attached hydrogens (tertiary/aromatic N) is 2. The van der Waals surface area contributed by atoms with Crippen LogP contribution in [0.2, 0.25) is 0 Å². The van der Waals surface area contributed by atoms with Crippen molar-refractivity contribution in [3.63, 3.8) is 0 Å². The van der Waals surface area contributed by atoms with Crippen LogP contribution in [0.25, 0.3) is 10.9 Å². The largest absolute Gasteiger partial charge is 0.282 e. The summed E-state index contributed by atoms with van der Waals surface area (Å²) in [6, 6.07) is 12.1. The maximum Gasteiger partial charge on any atom is 0.0979 e. The summed E-state index contributed by atoms with van der Waals surface area (Å²) < 4.78 is 0.273. The lowest BCUT2D eigenvalue weighted by Gasteiger charge is -2.16. The first-order valence-electron chi connectivity index (χ1n) is 7.00. The molecule has 0 amide bonds. The van der Waals surface area contributed by atoms with Gasteiger partial charge >= 0.3 is 0 Å². The molecule has 20 heavy (non-hydrogen) atoms. The topological polar surface area (TPSA) is 25.2 Å². The molecule has 1 aliphatic rings. The number of hydrogen-bond acceptors (Lipinski definition) is 3. The second-order valence-corrected chi connectivity index (χ2v) is 7.60. The molecule has 0 saturated heterocycles. The van der Waals surface area contributed by atoms with Crippen LogP contribution in [0.15, 0.2) is 47.6 Å². The van der Waals surface area contributed by atoms with E-state index in [2.05, 4.69) is 56.0 Å². The van der Waals surface area contributed by atoms with E-state index in [1.807, 2.05) is 42.2 Å². The van der Waals surface area contributed by atoms with Crippen molar-refractivity contribution in [2.45, 2.75) is 37.8 Å². The summed E-state index contributed by atoms with van der Waals surface area (Å²) in [5.41, 5.74) is 1.06. The van der Waals surface area contributed by atoms with Crippen molar-refractivity contribution in [3.05, 3.63) is 42.6 Å². The first-order valence-corrected chi connectivity index (χ1v) is 7.88. The van der Waals surface area contributed by atoms with E-state index in [9.17, 15) is 0 Å². The molecule has 0 fully saturated rings. The SMILES string of the molecule is CC(C)C1N=CC(C)(C)S1.c1ccc2ncccc2c1. The predicted molar refractivity (Wildman–Crippen MR) is 90.5 cm³/mol. The molecule has 0 saturated carbocycles. The van der Waals surface area contributed by atoms with E-state index >= 15 is 0 Å². The van der Waals surface area contributed by atoms with Gasteiger partial charge in [-0.3, -0.25) is 9.98 Å². The van der Waals surface area contributed by atoms with E-state index in [4.69, 9.17) is 0 Å². The van der Waals surface area contributed by atoms with E-state index in [-0.39, 0.29) is 4.75 Å². The Hall–Kier alpha value is -1.35. The molecule has 0 radical (unpaired) electrons. The molecule has 2 aromatic rings. The maximum absolute atomic E-state index is 4.43. The Bertz CT molecular complexity index is 525. The van der Waals surface area contributed by atoms with Crippen molar-refractivity contribution in [2.75, 3.05) is 0 Å². The lowest BCUT2D eigenvalue weighted by molar-refractivity contribution is 0.631. The first kappa shape index (κ1) is 15.0. The maximum atomic E-state index is 4.43. The molecule has 3 rings (SSSR count). The van der Waals surface area contributed by atoms with Gasteiger partial charge in [-0.2, -0.15) is 0 Å². The highest BCUT2D eigenvalue weighted by Gasteiger charge is 2.28. The number of fused-ring (bicyclic) bond motifs is 1. The van der Waals surface area contributed by atoms with Crippen LogP contribution in [0.3, 0.4) is 0 Å². The van der Waals surface area contributed by atoms with Crippen molar-refractivity contribution in [3.8, 4) is 0 Å². The fourth-order valence-electron chi connectivity index (χ4n) is 1.95. The summed E-state index contributed by atoms with van der Waals surface area (Å²) in [5, 5.41) is 1.69. The summed E-state index contributed by atoms with van der Waals surface area (Å²) in [6.45, 7) is 8.86. The second kappa shape index (κ2) is 6.40. The third kappa shape index (κ3) is 4.07. The van der Waals surface area contributed by atoms with Crippen LogP contribution >= 0.6 is 11.8 Å². The van der Waals surface area contributed by atoms with Gasteiger partial charge in [0.05, 0.1) is 10.9 Å². The fraction of sp³-hybridized carbons (Fsp3) is 0.412. The molecule has 0 N–H and O–H groups in total. The molecule has 0 aliphatic carbocycles. The normalized spacial score (nSPS) is 19.9. The molecule has 106 valence electrons. The molecule has 1 aromatic heterocycles. The van der Waals surface area contributed by atoms with Crippen LogP contribution in [0.4, 0.5) is 0 Å². The first-order chi connectivity index (χ1) is 9.48. The summed E-state index contributed by atoms with van der Waals surface area (Å²) >= 11 is 1.95. The van der Waals surface area contributed by atoms with Crippen molar-refractivity contribution in [1.82, 2.24) is 4.98 Å². The molecule has 1 atom stereocenters. The summed E-state index contributed by atoms with van der Waals surface area (Å²) in [7, 11) is 0. The zero-order valence-electron chi connectivity index (χ0n) is 12.6. The Kier molecular flexibility index (Phi) is 4.81. The third-order valence-corrected chi connectivity index (χ3v) is 4.66. The molecule has 1 aromatic carbocycles. The number of thioether (sulfide) groups is 1. The molecule has 1 unspecified atom stereocenters. The minimum atomic E-state index is 0.273. The van der Waals surface area contributed by atoms with Crippen LogP contribution in [-0.4, -0.2) is 21.3 Å². The number of aromatic nitrogens is 1. The molecule has 0 spiro atoms. The number of pyridine rings is 1. The molecule has 3 heteroatoms. The minimum absolute atomic E-state index is 0.273. The minimum Gasteiger partial charge on any atom is -0.282 e.